The Kier molecular flexibility index (Phi) is 3.72. The van der Waals surface area contributed by atoms with Gasteiger partial charge in [-0.1, -0.05) is 0 Å². The van der Waals surface area contributed by atoms with E-state index < -0.39 is 12.7 Å². The van der Waals surface area contributed by atoms with Crippen molar-refractivity contribution in [3.8, 4) is 37.5 Å². The summed E-state index contributed by atoms with van der Waals surface area (Å²) in [5.41, 5.74) is 0. The van der Waals surface area contributed by atoms with E-state index in [1.807, 2.05) is 0 Å². The third-order valence-corrected chi connectivity index (χ3v) is 4.44. The van der Waals surface area contributed by atoms with Crippen LogP contribution in [0.4, 0.5) is 0 Å². The van der Waals surface area contributed by atoms with Gasteiger partial charge in [0.05, 0.1) is 0 Å². The molecule has 13 heteroatoms. The van der Waals surface area contributed by atoms with Gasteiger partial charge in [-0.15, -0.1) is 0 Å². The fraction of sp³-hybridized carbons (Fsp3) is 0. The normalized spacial score (nSPS) is 11.7. The molecule has 0 aliphatic heterocycles. The van der Waals surface area contributed by atoms with Gasteiger partial charge in [0, 0.05) is 0 Å². The summed E-state index contributed by atoms with van der Waals surface area (Å²) >= 11 is -7.40. The topological polar surface area (TPSA) is 198 Å². The van der Waals surface area contributed by atoms with Crippen molar-refractivity contribution < 1.29 is 35.6 Å². The molecule has 19 heavy (non-hydrogen) atoms. The monoisotopic (exact) mass is 308 g/mol. The van der Waals surface area contributed by atoms with Gasteiger partial charge in [0.15, 0.2) is 0 Å². The zero-order valence-corrected chi connectivity index (χ0v) is 9.59. The Hall–Kier alpha value is -3.74. The summed E-state index contributed by atoms with van der Waals surface area (Å²) in [6, 6.07) is 0. The number of nitriles is 6. The summed E-state index contributed by atoms with van der Waals surface area (Å²) in [5.74, 6) is 0. The molecule has 0 bridgehead atoms. The van der Waals surface area contributed by atoms with Crippen molar-refractivity contribution in [2.45, 2.75) is 0 Å². The molecule has 0 aliphatic carbocycles. The number of nitrogens with zero attached hydrogens (tertiary/aromatic N) is 6. The molecule has 0 heterocycles. The second-order valence-electron chi connectivity index (χ2n) is 1.86. The molecule has 0 fully saturated rings. The first-order valence-electron chi connectivity index (χ1n) is 3.43. The average Bonchev–Trinajstić information content (AvgIpc) is 2.31. The number of hydrogen-bond acceptors (Lipinski definition) is 12. The Balaban J connectivity index is 6.65. The Labute approximate surface area is 105 Å². The van der Waals surface area contributed by atoms with E-state index in [4.69, 9.17) is 31.6 Å². The molecule has 0 atom stereocenters. The quantitative estimate of drug-likeness (QED) is 0.458. The molecule has 0 N–H and O–H groups in total. The molecule has 0 saturated heterocycles. The van der Waals surface area contributed by atoms with Crippen molar-refractivity contribution in [1.29, 1.82) is 31.6 Å². The molecule has 0 aromatic heterocycles. The van der Waals surface area contributed by atoms with Crippen molar-refractivity contribution >= 4 is 0 Å². The van der Waals surface area contributed by atoms with E-state index in [1.165, 1.54) is 0 Å². The molecule has 0 aromatic carbocycles. The van der Waals surface area contributed by atoms with Crippen LogP contribution in [0.15, 0.2) is 0 Å². The van der Waals surface area contributed by atoms with Crippen LogP contribution in [0.3, 0.4) is 0 Å². The summed E-state index contributed by atoms with van der Waals surface area (Å²) < 4.78 is 24.2. The van der Waals surface area contributed by atoms with E-state index in [0.717, 1.165) is 37.5 Å². The maximum atomic E-state index is 8.48. The molecule has 0 spiro atoms. The first-order chi connectivity index (χ1) is 8.97. The first-order valence-corrected chi connectivity index (χ1v) is 6.14. The zero-order chi connectivity index (χ0) is 14.9. The second kappa shape index (κ2) is 4.63. The van der Waals surface area contributed by atoms with Gasteiger partial charge in [0.1, 0.15) is 0 Å². The van der Waals surface area contributed by atoms with Crippen LogP contribution in [0.2, 0.25) is 0 Å². The van der Waals surface area contributed by atoms with Crippen LogP contribution in [0, 0.1) is 69.1 Å². The second-order valence-corrected chi connectivity index (χ2v) is 5.98. The molecule has 0 saturated carbocycles. The minimum atomic E-state index is -7.40. The van der Waals surface area contributed by atoms with E-state index in [-0.39, 0.29) is 0 Å². The van der Waals surface area contributed by atoms with Crippen LogP contribution in [-0.2, 0) is 35.6 Å². The fourth-order valence-electron chi connectivity index (χ4n) is 0.616. The third-order valence-electron chi connectivity index (χ3n) is 1.08. The summed E-state index contributed by atoms with van der Waals surface area (Å²) in [5, 5.41) is 50.9. The predicted molar refractivity (Wildman–Crippen MR) is 40.2 cm³/mol. The van der Waals surface area contributed by atoms with Crippen LogP contribution in [0.25, 0.3) is 0 Å². The Morgan fingerprint density at radius 3 is 0.684 bits per heavy atom. The fourth-order valence-corrected chi connectivity index (χ4v) is 2.54. The van der Waals surface area contributed by atoms with Gasteiger partial charge in [0.2, 0.25) is 0 Å². The zero-order valence-electron chi connectivity index (χ0n) is 8.49. The van der Waals surface area contributed by atoms with E-state index in [9.17, 15) is 0 Å². The average molecular weight is 308 g/mol. The summed E-state index contributed by atoms with van der Waals surface area (Å²) in [4.78, 5) is 0. The van der Waals surface area contributed by atoms with E-state index >= 15 is 0 Å². The van der Waals surface area contributed by atoms with E-state index in [0.29, 0.717) is 0 Å². The summed E-state index contributed by atoms with van der Waals surface area (Å²) in [6.45, 7) is 0. The van der Waals surface area contributed by atoms with Crippen molar-refractivity contribution in [3.05, 3.63) is 0 Å². The Bertz CT molecular complexity index is 475. The van der Waals surface area contributed by atoms with Crippen molar-refractivity contribution in [1.82, 2.24) is 0 Å². The van der Waals surface area contributed by atoms with Gasteiger partial charge in [-0.3, -0.25) is 0 Å². The molecule has 12 nitrogen and oxygen atoms in total. The predicted octanol–water partition coefficient (Wildman–Crippen LogP) is -0.312. The molecule has 0 aromatic rings. The minimum absolute atomic E-state index is 0.799. The van der Waals surface area contributed by atoms with Gasteiger partial charge in [-0.2, -0.15) is 0 Å². The van der Waals surface area contributed by atoms with E-state index in [1.54, 1.807) is 0 Å². The van der Waals surface area contributed by atoms with Crippen LogP contribution >= 0.6 is 0 Å². The maximum absolute atomic E-state index is 8.48. The molecular weight excluding hydrogens is 308 g/mol. The number of hydrogen-bond donors (Lipinski definition) is 0. The molecule has 0 radical (unpaired) electrons. The van der Waals surface area contributed by atoms with Crippen LogP contribution in [0.5, 0.6) is 0 Å². The molecule has 98 valence electrons. The summed E-state index contributed by atoms with van der Waals surface area (Å²) in [7, 11) is 0. The van der Waals surface area contributed by atoms with Gasteiger partial charge in [-0.25, -0.2) is 0 Å². The molecule has 0 amide bonds. The SMILES string of the molecule is N#C[O][Fe]([O]C#N)([O]C#N)([O]C#N)([O]C#N)[O]C#N. The standard InChI is InChI=1S/6CHNO.Fe/c6*2-1-3;/h6*3H;/q;;;;;;+6/p-6. The number of rotatable bonds is 6. The van der Waals surface area contributed by atoms with Crippen LogP contribution < -0.4 is 0 Å². The molecule has 0 unspecified atom stereocenters. The third kappa shape index (κ3) is 2.06. The van der Waals surface area contributed by atoms with Gasteiger partial charge >= 0.3 is 105 Å². The van der Waals surface area contributed by atoms with Crippen molar-refractivity contribution in [3.63, 3.8) is 0 Å². The molecule has 0 aliphatic rings. The van der Waals surface area contributed by atoms with Gasteiger partial charge in [0.25, 0.3) is 0 Å². The molecule has 0 rings (SSSR count). The Morgan fingerprint density at radius 1 is 0.421 bits per heavy atom. The van der Waals surface area contributed by atoms with Crippen LogP contribution in [-0.4, -0.2) is 0 Å². The van der Waals surface area contributed by atoms with Crippen molar-refractivity contribution in [2.75, 3.05) is 0 Å². The van der Waals surface area contributed by atoms with Crippen LogP contribution in [0.1, 0.15) is 0 Å². The summed E-state index contributed by atoms with van der Waals surface area (Å²) in [6.07, 6.45) is 4.79. The van der Waals surface area contributed by atoms with Gasteiger partial charge < -0.3 is 0 Å². The molecular formula is C6FeN6O6. The Morgan fingerprint density at radius 2 is 0.579 bits per heavy atom. The first kappa shape index (κ1) is 15.3. The van der Waals surface area contributed by atoms with Crippen molar-refractivity contribution in [2.24, 2.45) is 0 Å². The van der Waals surface area contributed by atoms with E-state index in [2.05, 4.69) is 22.9 Å². The van der Waals surface area contributed by atoms with Gasteiger partial charge in [-0.05, 0) is 0 Å².